The van der Waals surface area contributed by atoms with E-state index >= 15 is 0 Å². The summed E-state index contributed by atoms with van der Waals surface area (Å²) < 4.78 is 25.3. The van der Waals surface area contributed by atoms with Crippen LogP contribution in [0.5, 0.6) is 11.5 Å². The largest absolute Gasteiger partial charge is 0.490 e. The molecule has 1 heterocycles. The van der Waals surface area contributed by atoms with Crippen LogP contribution in [0.15, 0.2) is 10.5 Å². The number of carbonyl (C=O) groups is 1. The van der Waals surface area contributed by atoms with Gasteiger partial charge >= 0.3 is 5.97 Å². The Kier molecular flexibility index (Phi) is 4.63. The van der Waals surface area contributed by atoms with Crippen LogP contribution in [0.25, 0.3) is 0 Å². The van der Waals surface area contributed by atoms with Gasteiger partial charge in [-0.05, 0) is 40.4 Å². The van der Waals surface area contributed by atoms with Gasteiger partial charge in [0.05, 0.1) is 17.7 Å². The minimum atomic E-state index is -0.881. The molecule has 1 aromatic carbocycles. The molecule has 0 bridgehead atoms. The monoisotopic (exact) mass is 332 g/mol. The van der Waals surface area contributed by atoms with E-state index in [1.54, 1.807) is 6.07 Å². The van der Waals surface area contributed by atoms with Crippen molar-refractivity contribution < 1.29 is 23.8 Å². The maximum atomic E-state index is 14.1. The van der Waals surface area contributed by atoms with Crippen molar-refractivity contribution in [2.24, 2.45) is 0 Å². The fraction of sp³-hybridized carbons (Fsp3) is 0.462. The smallest absolute Gasteiger partial charge is 0.303 e. The summed E-state index contributed by atoms with van der Waals surface area (Å²) in [5, 5.41) is 8.60. The van der Waals surface area contributed by atoms with E-state index in [0.29, 0.717) is 43.1 Å². The summed E-state index contributed by atoms with van der Waals surface area (Å²) in [5.74, 6) is -0.392. The van der Waals surface area contributed by atoms with Gasteiger partial charge in [-0.15, -0.1) is 0 Å². The summed E-state index contributed by atoms with van der Waals surface area (Å²) in [7, 11) is 0. The maximum absolute atomic E-state index is 14.1. The second-order valence-electron chi connectivity index (χ2n) is 4.29. The van der Waals surface area contributed by atoms with Gasteiger partial charge in [-0.1, -0.05) is 0 Å². The van der Waals surface area contributed by atoms with Gasteiger partial charge in [-0.2, -0.15) is 0 Å². The van der Waals surface area contributed by atoms with Gasteiger partial charge < -0.3 is 14.6 Å². The lowest BCUT2D eigenvalue weighted by Gasteiger charge is -2.13. The van der Waals surface area contributed by atoms with E-state index in [2.05, 4.69) is 15.9 Å². The van der Waals surface area contributed by atoms with Crippen molar-refractivity contribution in [3.63, 3.8) is 0 Å². The number of hydrogen-bond acceptors (Lipinski definition) is 3. The Labute approximate surface area is 118 Å². The van der Waals surface area contributed by atoms with E-state index in [4.69, 9.17) is 14.6 Å². The lowest BCUT2D eigenvalue weighted by atomic mass is 10.1. The molecule has 0 aliphatic carbocycles. The van der Waals surface area contributed by atoms with Crippen molar-refractivity contribution in [1.82, 2.24) is 0 Å². The predicted octanol–water partition coefficient (Wildman–Crippen LogP) is 3.16. The van der Waals surface area contributed by atoms with Crippen LogP contribution in [0.3, 0.4) is 0 Å². The summed E-state index contributed by atoms with van der Waals surface area (Å²) in [6, 6.07) is 1.60. The lowest BCUT2D eigenvalue weighted by Crippen LogP contribution is -2.01. The molecule has 0 saturated carbocycles. The van der Waals surface area contributed by atoms with Crippen LogP contribution in [0.1, 0.15) is 24.8 Å². The van der Waals surface area contributed by atoms with Gasteiger partial charge in [-0.3, -0.25) is 4.79 Å². The van der Waals surface area contributed by atoms with Crippen molar-refractivity contribution in [2.75, 3.05) is 13.2 Å². The van der Waals surface area contributed by atoms with Crippen molar-refractivity contribution >= 4 is 21.9 Å². The van der Waals surface area contributed by atoms with E-state index in [1.165, 1.54) is 0 Å². The normalized spacial score (nSPS) is 14.0. The molecule has 4 nitrogen and oxygen atoms in total. The first kappa shape index (κ1) is 14.1. The maximum Gasteiger partial charge on any atom is 0.303 e. The number of rotatable bonds is 4. The van der Waals surface area contributed by atoms with Crippen molar-refractivity contribution in [2.45, 2.75) is 25.7 Å². The fourth-order valence-corrected chi connectivity index (χ4v) is 2.47. The second-order valence-corrected chi connectivity index (χ2v) is 5.08. The minimum Gasteiger partial charge on any atom is -0.490 e. The second kappa shape index (κ2) is 6.23. The van der Waals surface area contributed by atoms with Crippen LogP contribution < -0.4 is 9.47 Å². The number of ether oxygens (including phenoxy) is 2. The first-order valence-electron chi connectivity index (χ1n) is 6.08. The van der Waals surface area contributed by atoms with Gasteiger partial charge in [0.25, 0.3) is 0 Å². The molecule has 0 amide bonds. The van der Waals surface area contributed by atoms with Crippen molar-refractivity contribution in [1.29, 1.82) is 0 Å². The number of fused-ring (bicyclic) bond motifs is 1. The third-order valence-corrected chi connectivity index (χ3v) is 3.54. The zero-order valence-corrected chi connectivity index (χ0v) is 11.8. The molecule has 0 saturated heterocycles. The molecule has 0 unspecified atom stereocenters. The Morgan fingerprint density at radius 3 is 2.89 bits per heavy atom. The number of aliphatic carboxylic acids is 1. The van der Waals surface area contributed by atoms with E-state index in [9.17, 15) is 9.18 Å². The van der Waals surface area contributed by atoms with Gasteiger partial charge in [0, 0.05) is 12.8 Å². The summed E-state index contributed by atoms with van der Waals surface area (Å²) >= 11 is 3.18. The van der Waals surface area contributed by atoms with Crippen LogP contribution in [-0.4, -0.2) is 24.3 Å². The van der Waals surface area contributed by atoms with E-state index < -0.39 is 11.8 Å². The highest BCUT2D eigenvalue weighted by Gasteiger charge is 2.20. The number of aryl methyl sites for hydroxylation is 1. The summed E-state index contributed by atoms with van der Waals surface area (Å²) in [6.07, 6.45) is 1.51. The predicted molar refractivity (Wildman–Crippen MR) is 70.3 cm³/mol. The molecule has 6 heteroatoms. The Bertz CT molecular complexity index is 490. The zero-order valence-electron chi connectivity index (χ0n) is 10.2. The molecular weight excluding hydrogens is 319 g/mol. The molecule has 1 aliphatic heterocycles. The highest BCUT2D eigenvalue weighted by molar-refractivity contribution is 9.10. The Morgan fingerprint density at radius 2 is 2.16 bits per heavy atom. The molecule has 1 N–H and O–H groups in total. The van der Waals surface area contributed by atoms with E-state index in [1.807, 2.05) is 0 Å². The van der Waals surface area contributed by atoms with Crippen molar-refractivity contribution in [3.05, 3.63) is 21.9 Å². The van der Waals surface area contributed by atoms with E-state index in [-0.39, 0.29) is 10.9 Å². The van der Waals surface area contributed by atoms with Crippen LogP contribution >= 0.6 is 15.9 Å². The Hall–Kier alpha value is -1.30. The molecular formula is C13H14BrFO4. The molecule has 0 radical (unpaired) electrons. The number of benzene rings is 1. The highest BCUT2D eigenvalue weighted by Crippen LogP contribution is 2.40. The van der Waals surface area contributed by atoms with Crippen molar-refractivity contribution in [3.8, 4) is 11.5 Å². The SMILES string of the molecule is O=C(O)CCCc1cc2c(c(Br)c1F)OCCCO2. The van der Waals surface area contributed by atoms with Crippen LogP contribution in [-0.2, 0) is 11.2 Å². The molecule has 2 rings (SSSR count). The van der Waals surface area contributed by atoms with Crippen LogP contribution in [0.4, 0.5) is 4.39 Å². The van der Waals surface area contributed by atoms with Crippen LogP contribution in [0, 0.1) is 5.82 Å². The summed E-state index contributed by atoms with van der Waals surface area (Å²) in [5.41, 5.74) is 0.442. The topological polar surface area (TPSA) is 55.8 Å². The molecule has 0 fully saturated rings. The lowest BCUT2D eigenvalue weighted by molar-refractivity contribution is -0.137. The third-order valence-electron chi connectivity index (χ3n) is 2.83. The number of hydrogen-bond donors (Lipinski definition) is 1. The first-order valence-corrected chi connectivity index (χ1v) is 6.87. The molecule has 0 aromatic heterocycles. The number of halogens is 2. The average Bonchev–Trinajstić information content (AvgIpc) is 2.60. The minimum absolute atomic E-state index is 0.0193. The Balaban J connectivity index is 2.22. The molecule has 0 atom stereocenters. The number of carboxylic acid groups (broad SMARTS) is 1. The standard InChI is InChI=1S/C13H14BrFO4/c14-11-12(15)8(3-1-4-10(16)17)7-9-13(11)19-6-2-5-18-9/h7H,1-6H2,(H,16,17). The summed E-state index contributed by atoms with van der Waals surface area (Å²) in [4.78, 5) is 10.5. The third kappa shape index (κ3) is 3.37. The zero-order chi connectivity index (χ0) is 13.8. The van der Waals surface area contributed by atoms with E-state index in [0.717, 1.165) is 6.42 Å². The summed E-state index contributed by atoms with van der Waals surface area (Å²) in [6.45, 7) is 1.02. The molecule has 19 heavy (non-hydrogen) atoms. The molecule has 104 valence electrons. The molecule has 1 aromatic rings. The molecule has 0 spiro atoms. The van der Waals surface area contributed by atoms with Gasteiger partial charge in [0.1, 0.15) is 5.82 Å². The quantitative estimate of drug-likeness (QED) is 0.920. The molecule has 1 aliphatic rings. The fourth-order valence-electron chi connectivity index (χ4n) is 1.90. The highest BCUT2D eigenvalue weighted by atomic mass is 79.9. The number of carboxylic acids is 1. The van der Waals surface area contributed by atoms with Gasteiger partial charge in [0.2, 0.25) is 0 Å². The average molecular weight is 333 g/mol. The Morgan fingerprint density at radius 1 is 1.42 bits per heavy atom. The first-order chi connectivity index (χ1) is 9.09. The van der Waals surface area contributed by atoms with Gasteiger partial charge in [-0.25, -0.2) is 4.39 Å². The van der Waals surface area contributed by atoms with Crippen LogP contribution in [0.2, 0.25) is 0 Å². The van der Waals surface area contributed by atoms with Gasteiger partial charge in [0.15, 0.2) is 11.5 Å².